The van der Waals surface area contributed by atoms with Gasteiger partial charge >= 0.3 is 0 Å². The Morgan fingerprint density at radius 3 is 2.38 bits per heavy atom. The van der Waals surface area contributed by atoms with E-state index in [9.17, 15) is 9.59 Å². The van der Waals surface area contributed by atoms with Crippen molar-refractivity contribution in [2.24, 2.45) is 5.10 Å². The number of nitrogens with zero attached hydrogens (tertiary/aromatic N) is 3. The first-order valence-corrected chi connectivity index (χ1v) is 9.49. The summed E-state index contributed by atoms with van der Waals surface area (Å²) in [5.74, 6) is -0.285. The van der Waals surface area contributed by atoms with Gasteiger partial charge in [-0.1, -0.05) is 29.8 Å². The molecular weight excluding hydrogens is 388 g/mol. The second-order valence-electron chi connectivity index (χ2n) is 6.91. The van der Waals surface area contributed by atoms with Crippen LogP contribution in [0.1, 0.15) is 23.7 Å². The largest absolute Gasteiger partial charge is 0.295 e. The molecule has 29 heavy (non-hydrogen) atoms. The summed E-state index contributed by atoms with van der Waals surface area (Å²) < 4.78 is 1.50. The molecule has 1 aromatic heterocycles. The van der Waals surface area contributed by atoms with Crippen molar-refractivity contribution in [1.82, 2.24) is 9.78 Å². The lowest BCUT2D eigenvalue weighted by Gasteiger charge is -2.11. The maximum atomic E-state index is 13.0. The maximum Gasteiger partial charge on any atom is 0.280 e. The number of hydrogen-bond acceptors (Lipinski definition) is 3. The number of nitrogens with one attached hydrogen (secondary N) is 1. The molecule has 0 saturated heterocycles. The Morgan fingerprint density at radius 2 is 1.69 bits per heavy atom. The van der Waals surface area contributed by atoms with Crippen molar-refractivity contribution < 1.29 is 4.79 Å². The number of H-pyrrole nitrogens is 1. The second kappa shape index (κ2) is 7.22. The molecular formula is C22H19ClN4O2. The third-order valence-electron chi connectivity index (χ3n) is 4.90. The van der Waals surface area contributed by atoms with Crippen molar-refractivity contribution in [2.75, 3.05) is 5.01 Å². The average molecular weight is 407 g/mol. The molecule has 2 heterocycles. The highest BCUT2D eigenvalue weighted by atomic mass is 35.5. The molecule has 1 aliphatic heterocycles. The monoisotopic (exact) mass is 406 g/mol. The number of carbonyl (C=O) groups excluding carboxylic acids is 1. The molecule has 7 heteroatoms. The van der Waals surface area contributed by atoms with Crippen LogP contribution in [0.5, 0.6) is 0 Å². The summed E-state index contributed by atoms with van der Waals surface area (Å²) in [6, 6.07) is 14.5. The van der Waals surface area contributed by atoms with E-state index in [1.54, 1.807) is 37.3 Å². The minimum Gasteiger partial charge on any atom is -0.295 e. The van der Waals surface area contributed by atoms with Crippen molar-refractivity contribution in [3.8, 4) is 5.69 Å². The summed E-state index contributed by atoms with van der Waals surface area (Å²) in [6.07, 6.45) is 1.61. The lowest BCUT2D eigenvalue weighted by atomic mass is 10.1. The molecule has 0 radical (unpaired) electrons. The Kier molecular flexibility index (Phi) is 4.72. The van der Waals surface area contributed by atoms with Crippen LogP contribution in [0.3, 0.4) is 0 Å². The number of rotatable bonds is 3. The maximum absolute atomic E-state index is 13.0. The summed E-state index contributed by atoms with van der Waals surface area (Å²) in [5.41, 5.74) is 4.19. The molecule has 1 N–H and O–H groups in total. The van der Waals surface area contributed by atoms with Crippen molar-refractivity contribution in [3.63, 3.8) is 0 Å². The number of aromatic nitrogens is 2. The highest BCUT2D eigenvalue weighted by molar-refractivity contribution is 6.32. The molecule has 4 rings (SSSR count). The van der Waals surface area contributed by atoms with Crippen LogP contribution in [0.4, 0.5) is 5.69 Å². The molecule has 0 fully saturated rings. The van der Waals surface area contributed by atoms with E-state index in [2.05, 4.69) is 10.2 Å². The fourth-order valence-electron chi connectivity index (χ4n) is 3.30. The molecule has 0 spiro atoms. The lowest BCUT2D eigenvalue weighted by molar-refractivity contribution is -0.114. The summed E-state index contributed by atoms with van der Waals surface area (Å²) in [6.45, 7) is 5.50. The number of hydrogen-bond donors (Lipinski definition) is 1. The second-order valence-corrected chi connectivity index (χ2v) is 7.35. The van der Waals surface area contributed by atoms with E-state index >= 15 is 0 Å². The van der Waals surface area contributed by atoms with Gasteiger partial charge in [0.25, 0.3) is 11.5 Å². The quantitative estimate of drug-likeness (QED) is 0.661. The van der Waals surface area contributed by atoms with Crippen LogP contribution in [-0.2, 0) is 4.79 Å². The van der Waals surface area contributed by atoms with E-state index in [1.165, 1.54) is 9.69 Å². The lowest BCUT2D eigenvalue weighted by Crippen LogP contribution is -2.22. The van der Waals surface area contributed by atoms with E-state index in [4.69, 9.17) is 11.6 Å². The number of benzene rings is 2. The minimum atomic E-state index is -0.285. The van der Waals surface area contributed by atoms with E-state index in [1.807, 2.05) is 38.1 Å². The van der Waals surface area contributed by atoms with Gasteiger partial charge in [-0.2, -0.15) is 10.1 Å². The Morgan fingerprint density at radius 1 is 1.00 bits per heavy atom. The summed E-state index contributed by atoms with van der Waals surface area (Å²) in [5, 5.41) is 9.36. The molecule has 2 aromatic carbocycles. The fourth-order valence-corrected chi connectivity index (χ4v) is 3.43. The van der Waals surface area contributed by atoms with Crippen molar-refractivity contribution in [2.45, 2.75) is 20.8 Å². The predicted octanol–water partition coefficient (Wildman–Crippen LogP) is 4.24. The molecule has 0 saturated carbocycles. The van der Waals surface area contributed by atoms with E-state index in [-0.39, 0.29) is 11.5 Å². The Bertz CT molecular complexity index is 1230. The number of aromatic amines is 1. The third kappa shape index (κ3) is 3.32. The van der Waals surface area contributed by atoms with Gasteiger partial charge in [0.05, 0.1) is 28.2 Å². The molecule has 0 aliphatic carbocycles. The number of hydrazone groups is 1. The summed E-state index contributed by atoms with van der Waals surface area (Å²) in [7, 11) is 0. The van der Waals surface area contributed by atoms with Gasteiger partial charge in [-0.25, -0.2) is 4.68 Å². The first-order valence-electron chi connectivity index (χ1n) is 9.11. The summed E-state index contributed by atoms with van der Waals surface area (Å²) in [4.78, 5) is 26.0. The number of amides is 1. The molecule has 6 nitrogen and oxygen atoms in total. The van der Waals surface area contributed by atoms with Gasteiger partial charge in [0.15, 0.2) is 0 Å². The number of anilines is 1. The zero-order chi connectivity index (χ0) is 20.7. The Labute approximate surface area is 172 Å². The molecule has 1 aliphatic rings. The smallest absolute Gasteiger partial charge is 0.280 e. The number of para-hydroxylation sites is 1. The van der Waals surface area contributed by atoms with Gasteiger partial charge in [0.2, 0.25) is 0 Å². The normalized spacial score (nSPS) is 15.3. The molecule has 0 atom stereocenters. The van der Waals surface area contributed by atoms with E-state index in [0.717, 1.165) is 11.3 Å². The zero-order valence-electron chi connectivity index (χ0n) is 16.2. The van der Waals surface area contributed by atoms with Gasteiger partial charge in [-0.05, 0) is 62.7 Å². The SMILES string of the molecule is CC1=NN(c2ccc(Cl)cc2)C(=O)/C1=C/c1c(C)[nH]n(-c2ccccc2C)c1=O. The molecule has 1 amide bonds. The van der Waals surface area contributed by atoms with E-state index in [0.29, 0.717) is 33.3 Å². The third-order valence-corrected chi connectivity index (χ3v) is 5.15. The molecule has 3 aromatic rings. The molecule has 146 valence electrons. The number of halogens is 1. The Hall–Kier alpha value is -3.38. The van der Waals surface area contributed by atoms with Crippen molar-refractivity contribution in [1.29, 1.82) is 0 Å². The standard InChI is InChI=1S/C22H19ClN4O2/c1-13-6-4-5-7-20(13)27-22(29)19(15(3)25-27)12-18-14(2)24-26(21(18)28)17-10-8-16(23)9-11-17/h4-12,25H,1-3H3/b18-12+. The van der Waals surface area contributed by atoms with Crippen molar-refractivity contribution in [3.05, 3.63) is 86.3 Å². The highest BCUT2D eigenvalue weighted by Crippen LogP contribution is 2.26. The highest BCUT2D eigenvalue weighted by Gasteiger charge is 2.29. The van der Waals surface area contributed by atoms with Gasteiger partial charge < -0.3 is 0 Å². The average Bonchev–Trinajstić information content (AvgIpc) is 3.14. The summed E-state index contributed by atoms with van der Waals surface area (Å²) >= 11 is 5.93. The topological polar surface area (TPSA) is 70.5 Å². The van der Waals surface area contributed by atoms with Crippen molar-refractivity contribution >= 4 is 35.0 Å². The van der Waals surface area contributed by atoms with Crippen LogP contribution in [0.25, 0.3) is 11.8 Å². The van der Waals surface area contributed by atoms with Gasteiger partial charge in [0, 0.05) is 10.7 Å². The molecule has 0 unspecified atom stereocenters. The molecule has 0 bridgehead atoms. The van der Waals surface area contributed by atoms with E-state index < -0.39 is 0 Å². The van der Waals surface area contributed by atoms with Gasteiger partial charge in [0.1, 0.15) is 0 Å². The van der Waals surface area contributed by atoms with Crippen LogP contribution in [0.2, 0.25) is 5.02 Å². The van der Waals surface area contributed by atoms with Crippen LogP contribution >= 0.6 is 11.6 Å². The Balaban J connectivity index is 1.75. The number of aryl methyl sites for hydroxylation is 2. The van der Waals surface area contributed by atoms with Crippen LogP contribution in [-0.4, -0.2) is 21.4 Å². The zero-order valence-corrected chi connectivity index (χ0v) is 17.0. The van der Waals surface area contributed by atoms with Gasteiger partial charge in [-0.15, -0.1) is 0 Å². The number of carbonyl (C=O) groups is 1. The fraction of sp³-hybridized carbons (Fsp3) is 0.136. The van der Waals surface area contributed by atoms with Crippen LogP contribution < -0.4 is 10.6 Å². The van der Waals surface area contributed by atoms with Gasteiger partial charge in [-0.3, -0.25) is 14.7 Å². The first-order chi connectivity index (χ1) is 13.9. The van der Waals surface area contributed by atoms with Crippen LogP contribution in [0.15, 0.2) is 64.0 Å². The first kappa shape index (κ1) is 19.0. The predicted molar refractivity (Wildman–Crippen MR) is 116 cm³/mol. The van der Waals surface area contributed by atoms with Crippen LogP contribution in [0, 0.1) is 13.8 Å². The minimum absolute atomic E-state index is 0.213.